The first-order valence-electron chi connectivity index (χ1n) is 14.4. The molecule has 4 rings (SSSR count). The summed E-state index contributed by atoms with van der Waals surface area (Å²) >= 11 is 12.4. The first kappa shape index (κ1) is 38.2. The topological polar surface area (TPSA) is 141 Å². The first-order valence-corrected chi connectivity index (χ1v) is 17.7. The van der Waals surface area contributed by atoms with Crippen molar-refractivity contribution in [2.24, 2.45) is 0 Å². The predicted octanol–water partition coefficient (Wildman–Crippen LogP) is 5.86. The van der Waals surface area contributed by atoms with Crippen LogP contribution < -0.4 is 14.2 Å². The van der Waals surface area contributed by atoms with Crippen molar-refractivity contribution in [1.82, 2.24) is 4.90 Å². The van der Waals surface area contributed by atoms with Crippen LogP contribution in [0.15, 0.2) is 58.3 Å². The van der Waals surface area contributed by atoms with Crippen LogP contribution in [-0.4, -0.2) is 62.9 Å². The van der Waals surface area contributed by atoms with E-state index < -0.39 is 26.5 Å². The Bertz CT molecular complexity index is 1710. The van der Waals surface area contributed by atoms with Gasteiger partial charge in [-0.05, 0) is 68.9 Å². The summed E-state index contributed by atoms with van der Waals surface area (Å²) in [5.41, 5.74) is 3.34. The lowest BCUT2D eigenvalue weighted by Gasteiger charge is -2.19. The summed E-state index contributed by atoms with van der Waals surface area (Å²) in [6.45, 7) is 11.8. The lowest BCUT2D eigenvalue weighted by atomic mass is 10.1. The molecule has 3 aromatic rings. The molecule has 0 radical (unpaired) electrons. The Morgan fingerprint density at radius 1 is 1.04 bits per heavy atom. The van der Waals surface area contributed by atoms with Gasteiger partial charge in [0.1, 0.15) is 0 Å². The summed E-state index contributed by atoms with van der Waals surface area (Å²) in [5, 5.41) is 1.17. The van der Waals surface area contributed by atoms with Gasteiger partial charge in [-0.3, -0.25) is 0 Å². The number of aryl methyl sites for hydroxylation is 1. The number of oxazole rings is 1. The van der Waals surface area contributed by atoms with Crippen LogP contribution in [0.25, 0.3) is 17.2 Å². The zero-order valence-electron chi connectivity index (χ0n) is 26.0. The number of halogens is 2. The molecule has 2 heterocycles. The van der Waals surface area contributed by atoms with Crippen molar-refractivity contribution in [3.8, 4) is 5.75 Å². The summed E-state index contributed by atoms with van der Waals surface area (Å²) in [6.07, 6.45) is 5.64. The van der Waals surface area contributed by atoms with E-state index in [0.29, 0.717) is 34.0 Å². The van der Waals surface area contributed by atoms with Crippen LogP contribution in [0.1, 0.15) is 52.8 Å². The van der Waals surface area contributed by atoms with Crippen LogP contribution in [0.5, 0.6) is 5.75 Å². The third kappa shape index (κ3) is 12.4. The highest BCUT2D eigenvalue weighted by molar-refractivity contribution is 7.85. The molecular weight excluding hydrogens is 665 g/mol. The van der Waals surface area contributed by atoms with E-state index in [1.807, 2.05) is 36.1 Å². The zero-order valence-corrected chi connectivity index (χ0v) is 29.1. The van der Waals surface area contributed by atoms with Gasteiger partial charge in [-0.2, -0.15) is 4.57 Å². The minimum Gasteiger partial charge on any atom is -0.748 e. The number of hydrogen-bond acceptors (Lipinski definition) is 10. The van der Waals surface area contributed by atoms with E-state index in [-0.39, 0.29) is 13.0 Å². The zero-order chi connectivity index (χ0) is 33.7. The molecular formula is C30H39Cl2N3O8S2. The number of fused-ring (bicyclic) bond motifs is 2. The maximum absolute atomic E-state index is 11.1. The Morgan fingerprint density at radius 2 is 1.67 bits per heavy atom. The molecule has 1 aliphatic rings. The summed E-state index contributed by atoms with van der Waals surface area (Å²) < 4.78 is 73.0. The van der Waals surface area contributed by atoms with Crippen molar-refractivity contribution in [1.29, 1.82) is 0 Å². The average Bonchev–Trinajstić information content (AvgIpc) is 3.48. The quantitative estimate of drug-likeness (QED) is 0.176. The second-order valence-electron chi connectivity index (χ2n) is 9.93. The highest BCUT2D eigenvalue weighted by atomic mass is 35.5. The third-order valence-electron chi connectivity index (χ3n) is 6.71. The average molecular weight is 705 g/mol. The Hall–Kier alpha value is -2.94. The largest absolute Gasteiger partial charge is 0.748 e. The summed E-state index contributed by atoms with van der Waals surface area (Å²) in [6, 6.07) is 10.8. The van der Waals surface area contributed by atoms with Crippen molar-refractivity contribution in [2.75, 3.05) is 37.3 Å². The second kappa shape index (κ2) is 18.3. The summed E-state index contributed by atoms with van der Waals surface area (Å²) in [7, 11) is -5.31. The Morgan fingerprint density at radius 3 is 2.22 bits per heavy atom. The monoisotopic (exact) mass is 703 g/mol. The number of benzene rings is 2. The van der Waals surface area contributed by atoms with Crippen LogP contribution in [0, 0.1) is 0 Å². The predicted molar refractivity (Wildman–Crippen MR) is 175 cm³/mol. The van der Waals surface area contributed by atoms with Crippen LogP contribution in [-0.2, 0) is 27.3 Å². The van der Waals surface area contributed by atoms with Crippen LogP contribution in [0.3, 0.4) is 0 Å². The maximum Gasteiger partial charge on any atom is 0.425 e. The van der Waals surface area contributed by atoms with E-state index >= 15 is 0 Å². The van der Waals surface area contributed by atoms with Crippen molar-refractivity contribution in [3.63, 3.8) is 0 Å². The summed E-state index contributed by atoms with van der Waals surface area (Å²) in [4.78, 5) is 4.09. The van der Waals surface area contributed by atoms with Gasteiger partial charge in [0, 0.05) is 40.9 Å². The number of aromatic nitrogens is 1. The Kier molecular flexibility index (Phi) is 15.5. The van der Waals surface area contributed by atoms with E-state index in [4.69, 9.17) is 45.0 Å². The molecule has 0 aliphatic carbocycles. The molecule has 1 aromatic heterocycles. The van der Waals surface area contributed by atoms with Crippen molar-refractivity contribution >= 4 is 66.8 Å². The van der Waals surface area contributed by atoms with Gasteiger partial charge in [0.05, 0.1) is 21.9 Å². The van der Waals surface area contributed by atoms with Gasteiger partial charge in [0.2, 0.25) is 11.5 Å². The van der Waals surface area contributed by atoms with E-state index in [1.165, 1.54) is 0 Å². The Balaban J connectivity index is 0.000000614. The normalized spacial score (nSPS) is 13.7. The molecule has 0 fully saturated rings. The molecule has 45 heavy (non-hydrogen) atoms. The molecule has 1 aliphatic heterocycles. The number of anilines is 1. The van der Waals surface area contributed by atoms with E-state index in [2.05, 4.69) is 37.3 Å². The molecule has 0 atom stereocenters. The van der Waals surface area contributed by atoms with Crippen molar-refractivity contribution in [2.45, 2.75) is 53.5 Å². The molecule has 0 bridgehead atoms. The smallest absolute Gasteiger partial charge is 0.425 e. The van der Waals surface area contributed by atoms with E-state index in [0.717, 1.165) is 48.4 Å². The molecule has 2 aromatic carbocycles. The van der Waals surface area contributed by atoms with Gasteiger partial charge >= 0.3 is 16.5 Å². The first-order chi connectivity index (χ1) is 21.2. The van der Waals surface area contributed by atoms with Gasteiger partial charge in [0.15, 0.2) is 12.3 Å². The molecule has 11 nitrogen and oxygen atoms in total. The van der Waals surface area contributed by atoms with Crippen molar-refractivity contribution < 1.29 is 39.3 Å². The fourth-order valence-electron chi connectivity index (χ4n) is 4.23. The second-order valence-corrected chi connectivity index (χ2v) is 12.7. The Labute approximate surface area is 276 Å². The number of ether oxygens (including phenoxy) is 1. The van der Waals surface area contributed by atoms with Crippen LogP contribution in [0.4, 0.5) is 5.69 Å². The van der Waals surface area contributed by atoms with Crippen LogP contribution >= 0.6 is 23.2 Å². The number of hydrogen-bond donors (Lipinski definition) is 0. The molecule has 0 saturated heterocycles. The van der Waals surface area contributed by atoms with Gasteiger partial charge in [0.25, 0.3) is 5.52 Å². The lowest BCUT2D eigenvalue weighted by molar-refractivity contribution is -0.678. The molecule has 0 spiro atoms. The highest BCUT2D eigenvalue weighted by Crippen LogP contribution is 2.41. The maximum atomic E-state index is 11.1. The van der Waals surface area contributed by atoms with Crippen molar-refractivity contribution in [3.05, 3.63) is 69.9 Å². The molecule has 0 N–H and O–H groups in total. The minimum atomic E-state index is -4.31. The third-order valence-corrected chi connectivity index (χ3v) is 7.97. The van der Waals surface area contributed by atoms with E-state index in [1.54, 1.807) is 24.3 Å². The summed E-state index contributed by atoms with van der Waals surface area (Å²) in [5.74, 6) is 1.38. The molecule has 0 saturated carbocycles. The number of nitrogens with zero attached hydrogens (tertiary/aromatic N) is 3. The SMILES string of the molecule is CCC[n+]1c(C=C(C=C2Oc3ccc(Cl)cc3N2CCCS(=O)(=O)[O-])CC)oc2ccc(Cl)cc21.CCN(C)CC.O=S(=O)=O. The van der Waals surface area contributed by atoms with Crippen LogP contribution in [0.2, 0.25) is 10.0 Å². The standard InChI is InChI=1S/C25H26Cl2N2O5S.C5H13N.O3S/c1-3-10-28-20-15-18(26)6-8-22(20)33-24(28)13-17(4-2)14-25-29(11-5-12-35(30,31)32)21-16-19(27)7-9-23(21)34-25;1-4-6(3)5-2;1-4(2)3/h6-9,13-16H,3-5,10-12H2,1-2H3;4-5H2,1-3H3;. The lowest BCUT2D eigenvalue weighted by Crippen LogP contribution is -2.35. The van der Waals surface area contributed by atoms with E-state index in [9.17, 15) is 13.0 Å². The number of allylic oxidation sites excluding steroid dienone is 2. The minimum absolute atomic E-state index is 0.157. The molecule has 15 heteroatoms. The van der Waals surface area contributed by atoms with Gasteiger partial charge in [-0.25, -0.2) is 8.42 Å². The number of rotatable bonds is 11. The molecule has 0 amide bonds. The molecule has 248 valence electrons. The fraction of sp³-hybridized carbons (Fsp3) is 0.433. The van der Waals surface area contributed by atoms with Gasteiger partial charge in [-0.15, -0.1) is 12.6 Å². The highest BCUT2D eigenvalue weighted by Gasteiger charge is 2.27. The van der Waals surface area contributed by atoms with Gasteiger partial charge < -0.3 is 23.5 Å². The fourth-order valence-corrected chi connectivity index (χ4v) is 5.05. The van der Waals surface area contributed by atoms with Gasteiger partial charge in [-0.1, -0.05) is 50.9 Å². The molecule has 0 unspecified atom stereocenters.